The predicted molar refractivity (Wildman–Crippen MR) is 58.7 cm³/mol. The Morgan fingerprint density at radius 1 is 1.56 bits per heavy atom. The first-order chi connectivity index (χ1) is 7.63. The Morgan fingerprint density at radius 2 is 2.31 bits per heavy atom. The molecule has 88 valence electrons. The molecule has 0 radical (unpaired) electrons. The van der Waals surface area contributed by atoms with Crippen LogP contribution in [0.15, 0.2) is 0 Å². The zero-order valence-electron chi connectivity index (χ0n) is 9.11. The van der Waals surface area contributed by atoms with Crippen LogP contribution < -0.4 is 5.32 Å². The van der Waals surface area contributed by atoms with Gasteiger partial charge in [0.2, 0.25) is 5.91 Å². The highest BCUT2D eigenvalue weighted by Gasteiger charge is 2.22. The van der Waals surface area contributed by atoms with Gasteiger partial charge in [-0.1, -0.05) is 5.92 Å². The smallest absolute Gasteiger partial charge is 0.323 e. The number of rotatable bonds is 5. The van der Waals surface area contributed by atoms with Crippen LogP contribution in [0.3, 0.4) is 0 Å². The maximum Gasteiger partial charge on any atom is 0.323 e. The van der Waals surface area contributed by atoms with Gasteiger partial charge in [-0.3, -0.25) is 9.59 Å². The van der Waals surface area contributed by atoms with Gasteiger partial charge in [-0.15, -0.1) is 6.42 Å². The molecule has 16 heavy (non-hydrogen) atoms. The first kappa shape index (κ1) is 12.5. The summed E-state index contributed by atoms with van der Waals surface area (Å²) in [6, 6.07) is 0.168. The second kappa shape index (κ2) is 6.13. The topological polar surface area (TPSA) is 69.6 Å². The van der Waals surface area contributed by atoms with Gasteiger partial charge in [0.25, 0.3) is 0 Å². The van der Waals surface area contributed by atoms with Crippen LogP contribution in [-0.2, 0) is 9.59 Å². The largest absolute Gasteiger partial charge is 0.480 e. The van der Waals surface area contributed by atoms with Crippen LogP contribution in [0.25, 0.3) is 0 Å². The fourth-order valence-corrected chi connectivity index (χ4v) is 1.78. The van der Waals surface area contributed by atoms with Crippen LogP contribution in [0.2, 0.25) is 0 Å². The Morgan fingerprint density at radius 3 is 2.81 bits per heavy atom. The highest BCUT2D eigenvalue weighted by atomic mass is 16.4. The van der Waals surface area contributed by atoms with E-state index in [0.29, 0.717) is 6.42 Å². The van der Waals surface area contributed by atoms with Crippen molar-refractivity contribution in [1.29, 1.82) is 0 Å². The van der Waals surface area contributed by atoms with E-state index in [-0.39, 0.29) is 25.0 Å². The van der Waals surface area contributed by atoms with Crippen molar-refractivity contribution in [3.63, 3.8) is 0 Å². The third kappa shape index (κ3) is 3.91. The quantitative estimate of drug-likeness (QED) is 0.628. The summed E-state index contributed by atoms with van der Waals surface area (Å²) in [5, 5.41) is 11.8. The van der Waals surface area contributed by atoms with Crippen molar-refractivity contribution in [2.75, 3.05) is 19.6 Å². The average Bonchev–Trinajstić information content (AvgIpc) is 2.69. The van der Waals surface area contributed by atoms with Crippen LogP contribution in [0.5, 0.6) is 0 Å². The van der Waals surface area contributed by atoms with Crippen LogP contribution in [0.1, 0.15) is 19.3 Å². The van der Waals surface area contributed by atoms with Gasteiger partial charge in [0.15, 0.2) is 0 Å². The summed E-state index contributed by atoms with van der Waals surface area (Å²) in [6.07, 6.45) is 7.45. The number of terminal acetylenes is 1. The molecule has 1 amide bonds. The van der Waals surface area contributed by atoms with E-state index in [2.05, 4.69) is 11.2 Å². The van der Waals surface area contributed by atoms with Gasteiger partial charge in [0, 0.05) is 12.5 Å². The molecule has 1 heterocycles. The maximum absolute atomic E-state index is 11.8. The molecule has 0 aromatic carbocycles. The Labute approximate surface area is 94.8 Å². The number of carboxylic acids is 1. The second-order valence-electron chi connectivity index (χ2n) is 3.85. The monoisotopic (exact) mass is 224 g/mol. The summed E-state index contributed by atoms with van der Waals surface area (Å²) in [5.41, 5.74) is 0. The minimum atomic E-state index is -1.04. The van der Waals surface area contributed by atoms with E-state index >= 15 is 0 Å². The highest BCUT2D eigenvalue weighted by molar-refractivity contribution is 5.82. The van der Waals surface area contributed by atoms with Gasteiger partial charge in [-0.25, -0.2) is 0 Å². The van der Waals surface area contributed by atoms with Crippen molar-refractivity contribution in [3.05, 3.63) is 0 Å². The molecule has 1 rings (SSSR count). The van der Waals surface area contributed by atoms with E-state index < -0.39 is 5.97 Å². The third-order valence-electron chi connectivity index (χ3n) is 2.54. The lowest BCUT2D eigenvalue weighted by Gasteiger charge is -2.20. The maximum atomic E-state index is 11.8. The minimum Gasteiger partial charge on any atom is -0.480 e. The molecule has 0 aliphatic carbocycles. The molecule has 1 atom stereocenters. The molecule has 0 saturated carbocycles. The number of carboxylic acid groups (broad SMARTS) is 1. The first-order valence-electron chi connectivity index (χ1n) is 5.30. The lowest BCUT2D eigenvalue weighted by molar-refractivity contribution is -0.144. The molecule has 2 N–H and O–H groups in total. The van der Waals surface area contributed by atoms with Gasteiger partial charge in [0.1, 0.15) is 6.54 Å². The Bertz CT molecular complexity index is 303. The number of amides is 1. The van der Waals surface area contributed by atoms with Crippen LogP contribution in [0, 0.1) is 12.3 Å². The molecule has 1 fully saturated rings. The molecule has 0 aromatic rings. The van der Waals surface area contributed by atoms with Gasteiger partial charge in [0.05, 0.1) is 6.54 Å². The molecule has 1 aliphatic rings. The molecule has 0 spiro atoms. The molecule has 5 heteroatoms. The number of carbonyl (C=O) groups excluding carboxylic acids is 1. The summed E-state index contributed by atoms with van der Waals surface area (Å²) in [4.78, 5) is 23.5. The van der Waals surface area contributed by atoms with Gasteiger partial charge < -0.3 is 15.3 Å². The number of hydrogen-bond donors (Lipinski definition) is 2. The number of nitrogens with zero attached hydrogens (tertiary/aromatic N) is 1. The van der Waals surface area contributed by atoms with E-state index in [1.54, 1.807) is 0 Å². The van der Waals surface area contributed by atoms with Crippen LogP contribution in [-0.4, -0.2) is 47.6 Å². The summed E-state index contributed by atoms with van der Waals surface area (Å²) in [6.45, 7) is 0.652. The molecular formula is C11H16N2O3. The fourth-order valence-electron chi connectivity index (χ4n) is 1.78. The van der Waals surface area contributed by atoms with Crippen molar-refractivity contribution in [2.24, 2.45) is 0 Å². The lowest BCUT2D eigenvalue weighted by Crippen LogP contribution is -2.39. The van der Waals surface area contributed by atoms with Gasteiger partial charge in [-0.05, 0) is 19.4 Å². The summed E-state index contributed by atoms with van der Waals surface area (Å²) in [7, 11) is 0. The number of hydrogen-bond acceptors (Lipinski definition) is 3. The second-order valence-corrected chi connectivity index (χ2v) is 3.85. The third-order valence-corrected chi connectivity index (χ3v) is 2.54. The van der Waals surface area contributed by atoms with Gasteiger partial charge in [-0.2, -0.15) is 0 Å². The average molecular weight is 224 g/mol. The fraction of sp³-hybridized carbons (Fsp3) is 0.636. The highest BCUT2D eigenvalue weighted by Crippen LogP contribution is 2.10. The SMILES string of the molecule is C#CCN(CC(=O)O)C(=O)CC1CCCN1. The van der Waals surface area contributed by atoms with E-state index in [4.69, 9.17) is 11.5 Å². The molecule has 1 unspecified atom stereocenters. The van der Waals surface area contributed by atoms with Crippen LogP contribution >= 0.6 is 0 Å². The molecule has 0 bridgehead atoms. The Balaban J connectivity index is 2.46. The Kier molecular flexibility index (Phi) is 4.80. The number of aliphatic carboxylic acids is 1. The van der Waals surface area contributed by atoms with E-state index in [1.165, 1.54) is 4.90 Å². The van der Waals surface area contributed by atoms with Crippen molar-refractivity contribution in [1.82, 2.24) is 10.2 Å². The summed E-state index contributed by atoms with van der Waals surface area (Å²) in [5.74, 6) is 1.07. The zero-order valence-corrected chi connectivity index (χ0v) is 9.11. The van der Waals surface area contributed by atoms with E-state index in [9.17, 15) is 9.59 Å². The van der Waals surface area contributed by atoms with E-state index in [0.717, 1.165) is 19.4 Å². The molecule has 1 aliphatic heterocycles. The summed E-state index contributed by atoms with van der Waals surface area (Å²) < 4.78 is 0. The van der Waals surface area contributed by atoms with Crippen LogP contribution in [0.4, 0.5) is 0 Å². The minimum absolute atomic E-state index is 0.0534. The Hall–Kier alpha value is -1.54. The predicted octanol–water partition coefficient (Wildman–Crippen LogP) is -0.325. The standard InChI is InChI=1S/C11H16N2O3/c1-2-6-13(8-11(15)16)10(14)7-9-4-3-5-12-9/h1,9,12H,3-8H2,(H,15,16). The van der Waals surface area contributed by atoms with E-state index in [1.807, 2.05) is 0 Å². The van der Waals surface area contributed by atoms with Crippen molar-refractivity contribution < 1.29 is 14.7 Å². The number of carbonyl (C=O) groups is 2. The first-order valence-corrected chi connectivity index (χ1v) is 5.30. The normalized spacial score (nSPS) is 19.1. The van der Waals surface area contributed by atoms with Gasteiger partial charge >= 0.3 is 5.97 Å². The molecular weight excluding hydrogens is 208 g/mol. The van der Waals surface area contributed by atoms with Crippen molar-refractivity contribution in [2.45, 2.75) is 25.3 Å². The van der Waals surface area contributed by atoms with Crippen molar-refractivity contribution in [3.8, 4) is 12.3 Å². The summed E-state index contributed by atoms with van der Waals surface area (Å²) >= 11 is 0. The molecule has 5 nitrogen and oxygen atoms in total. The molecule has 0 aromatic heterocycles. The molecule has 1 saturated heterocycles. The lowest BCUT2D eigenvalue weighted by atomic mass is 10.1. The zero-order chi connectivity index (χ0) is 12.0. The van der Waals surface area contributed by atoms with Crippen molar-refractivity contribution >= 4 is 11.9 Å². The number of nitrogens with one attached hydrogen (secondary N) is 1.